The summed E-state index contributed by atoms with van der Waals surface area (Å²) in [5, 5.41) is 6.62. The maximum Gasteiger partial charge on any atom is 0.269 e. The topological polar surface area (TPSA) is 82.1 Å². The minimum atomic E-state index is -0.436. The number of aliphatic imine (C=N–C) groups is 1. The first-order chi connectivity index (χ1) is 12.1. The SMILES string of the molecule is O=C1C=CC(C(=O)N2CCN(CCNC(=O)c3ccsc3)CC2)C=N1. The van der Waals surface area contributed by atoms with Crippen molar-refractivity contribution in [2.24, 2.45) is 10.9 Å². The predicted octanol–water partition coefficient (Wildman–Crippen LogP) is 0.406. The Morgan fingerprint density at radius 3 is 2.72 bits per heavy atom. The van der Waals surface area contributed by atoms with Crippen LogP contribution < -0.4 is 5.32 Å². The molecule has 1 saturated heterocycles. The maximum atomic E-state index is 12.4. The van der Waals surface area contributed by atoms with Crippen molar-refractivity contribution in [3.63, 3.8) is 0 Å². The van der Waals surface area contributed by atoms with Gasteiger partial charge in [-0.3, -0.25) is 19.3 Å². The van der Waals surface area contributed by atoms with Crippen LogP contribution in [0.25, 0.3) is 0 Å². The van der Waals surface area contributed by atoms with Gasteiger partial charge in [0.2, 0.25) is 5.91 Å². The molecule has 3 heterocycles. The fourth-order valence-corrected chi connectivity index (χ4v) is 3.44. The van der Waals surface area contributed by atoms with E-state index in [0.717, 1.165) is 19.6 Å². The molecule has 1 aromatic heterocycles. The third kappa shape index (κ3) is 4.61. The van der Waals surface area contributed by atoms with Crippen molar-refractivity contribution >= 4 is 35.3 Å². The molecule has 0 aromatic carbocycles. The third-order valence-electron chi connectivity index (χ3n) is 4.27. The standard InChI is InChI=1S/C17H20N4O3S/c22-15-2-1-13(11-19-15)17(24)21-8-6-20(7-9-21)5-4-18-16(23)14-3-10-25-12-14/h1-3,10-13H,4-9H2,(H,18,23). The van der Waals surface area contributed by atoms with Crippen molar-refractivity contribution in [3.8, 4) is 0 Å². The summed E-state index contributed by atoms with van der Waals surface area (Å²) in [7, 11) is 0. The molecule has 3 amide bonds. The molecule has 25 heavy (non-hydrogen) atoms. The molecular weight excluding hydrogens is 340 g/mol. The lowest BCUT2D eigenvalue weighted by Crippen LogP contribution is -2.51. The summed E-state index contributed by atoms with van der Waals surface area (Å²) < 4.78 is 0. The molecule has 1 atom stereocenters. The van der Waals surface area contributed by atoms with E-state index in [2.05, 4.69) is 15.2 Å². The number of carbonyl (C=O) groups is 3. The summed E-state index contributed by atoms with van der Waals surface area (Å²) in [6, 6.07) is 1.81. The first kappa shape index (κ1) is 17.5. The van der Waals surface area contributed by atoms with Gasteiger partial charge in [-0.1, -0.05) is 6.08 Å². The molecule has 132 valence electrons. The number of nitrogens with one attached hydrogen (secondary N) is 1. The first-order valence-corrected chi connectivity index (χ1v) is 9.15. The molecule has 1 fully saturated rings. The molecule has 0 spiro atoms. The van der Waals surface area contributed by atoms with Crippen LogP contribution in [0.15, 0.2) is 34.0 Å². The fourth-order valence-electron chi connectivity index (χ4n) is 2.80. The van der Waals surface area contributed by atoms with Gasteiger partial charge in [0, 0.05) is 62.5 Å². The Labute approximate surface area is 150 Å². The number of hydrogen-bond donors (Lipinski definition) is 1. The molecule has 0 saturated carbocycles. The normalized spacial score (nSPS) is 20.7. The van der Waals surface area contributed by atoms with E-state index in [4.69, 9.17) is 0 Å². The van der Waals surface area contributed by atoms with Gasteiger partial charge in [-0.15, -0.1) is 0 Å². The average molecular weight is 360 g/mol. The number of piperazine rings is 1. The number of dihydropyridines is 1. The van der Waals surface area contributed by atoms with Crippen LogP contribution >= 0.6 is 11.3 Å². The quantitative estimate of drug-likeness (QED) is 0.824. The summed E-state index contributed by atoms with van der Waals surface area (Å²) >= 11 is 1.50. The molecule has 8 heteroatoms. The fraction of sp³-hybridized carbons (Fsp3) is 0.412. The zero-order chi connectivity index (χ0) is 17.6. The van der Waals surface area contributed by atoms with E-state index in [-0.39, 0.29) is 17.7 Å². The zero-order valence-corrected chi connectivity index (χ0v) is 14.6. The summed E-state index contributed by atoms with van der Waals surface area (Å²) in [5.74, 6) is -0.821. The van der Waals surface area contributed by atoms with Crippen molar-refractivity contribution in [1.82, 2.24) is 15.1 Å². The van der Waals surface area contributed by atoms with Crippen molar-refractivity contribution in [1.29, 1.82) is 0 Å². The highest BCUT2D eigenvalue weighted by Gasteiger charge is 2.26. The van der Waals surface area contributed by atoms with Gasteiger partial charge in [0.25, 0.3) is 11.8 Å². The van der Waals surface area contributed by atoms with Gasteiger partial charge >= 0.3 is 0 Å². The minimum absolute atomic E-state index is 0.0158. The van der Waals surface area contributed by atoms with E-state index in [1.807, 2.05) is 10.8 Å². The van der Waals surface area contributed by atoms with Crippen LogP contribution in [0.5, 0.6) is 0 Å². The molecule has 1 aromatic rings. The Bertz CT molecular complexity index is 675. The molecule has 0 aliphatic carbocycles. The van der Waals surface area contributed by atoms with Gasteiger partial charge in [0.05, 0.1) is 5.92 Å². The maximum absolute atomic E-state index is 12.4. The number of rotatable bonds is 5. The number of amides is 3. The molecule has 2 aliphatic heterocycles. The second kappa shape index (κ2) is 8.17. The van der Waals surface area contributed by atoms with E-state index in [0.29, 0.717) is 25.2 Å². The van der Waals surface area contributed by atoms with Crippen LogP contribution in [0.1, 0.15) is 10.4 Å². The highest BCUT2D eigenvalue weighted by Crippen LogP contribution is 2.10. The Kier molecular flexibility index (Phi) is 5.72. The predicted molar refractivity (Wildman–Crippen MR) is 95.8 cm³/mol. The van der Waals surface area contributed by atoms with Crippen LogP contribution in [-0.2, 0) is 9.59 Å². The van der Waals surface area contributed by atoms with Gasteiger partial charge in [-0.2, -0.15) is 11.3 Å². The second-order valence-electron chi connectivity index (χ2n) is 5.94. The monoisotopic (exact) mass is 360 g/mol. The molecule has 3 rings (SSSR count). The highest BCUT2D eigenvalue weighted by atomic mass is 32.1. The summed E-state index contributed by atoms with van der Waals surface area (Å²) in [4.78, 5) is 43.0. The summed E-state index contributed by atoms with van der Waals surface area (Å²) in [6.07, 6.45) is 4.36. The van der Waals surface area contributed by atoms with Crippen molar-refractivity contribution in [3.05, 3.63) is 34.5 Å². The Morgan fingerprint density at radius 2 is 2.08 bits per heavy atom. The van der Waals surface area contributed by atoms with E-state index >= 15 is 0 Å². The Balaban J connectivity index is 1.38. The molecule has 1 unspecified atom stereocenters. The van der Waals surface area contributed by atoms with E-state index in [1.54, 1.807) is 17.0 Å². The first-order valence-electron chi connectivity index (χ1n) is 8.21. The van der Waals surface area contributed by atoms with Gasteiger partial charge in [-0.25, -0.2) is 4.99 Å². The lowest BCUT2D eigenvalue weighted by Gasteiger charge is -2.35. The minimum Gasteiger partial charge on any atom is -0.351 e. The van der Waals surface area contributed by atoms with E-state index in [9.17, 15) is 14.4 Å². The largest absolute Gasteiger partial charge is 0.351 e. The van der Waals surface area contributed by atoms with Crippen LogP contribution in [0.3, 0.4) is 0 Å². The summed E-state index contributed by atoms with van der Waals surface area (Å²) in [5.41, 5.74) is 0.695. The molecule has 0 bridgehead atoms. The summed E-state index contributed by atoms with van der Waals surface area (Å²) in [6.45, 7) is 4.17. The third-order valence-corrected chi connectivity index (χ3v) is 4.96. The number of nitrogens with zero attached hydrogens (tertiary/aromatic N) is 3. The van der Waals surface area contributed by atoms with Crippen LogP contribution in [0.2, 0.25) is 0 Å². The lowest BCUT2D eigenvalue weighted by molar-refractivity contribution is -0.133. The number of thiophene rings is 1. The van der Waals surface area contributed by atoms with E-state index in [1.165, 1.54) is 23.6 Å². The lowest BCUT2D eigenvalue weighted by atomic mass is 10.1. The van der Waals surface area contributed by atoms with E-state index < -0.39 is 5.92 Å². The van der Waals surface area contributed by atoms with Crippen LogP contribution in [0, 0.1) is 5.92 Å². The van der Waals surface area contributed by atoms with Gasteiger partial charge in [0.15, 0.2) is 0 Å². The van der Waals surface area contributed by atoms with Crippen molar-refractivity contribution in [2.45, 2.75) is 0 Å². The Morgan fingerprint density at radius 1 is 1.28 bits per heavy atom. The van der Waals surface area contributed by atoms with Gasteiger partial charge < -0.3 is 10.2 Å². The van der Waals surface area contributed by atoms with Crippen molar-refractivity contribution < 1.29 is 14.4 Å². The van der Waals surface area contributed by atoms with Gasteiger partial charge in [0.1, 0.15) is 0 Å². The second-order valence-corrected chi connectivity index (χ2v) is 6.72. The molecule has 7 nitrogen and oxygen atoms in total. The van der Waals surface area contributed by atoms with Crippen LogP contribution in [0.4, 0.5) is 0 Å². The molecular formula is C17H20N4O3S. The molecule has 1 N–H and O–H groups in total. The zero-order valence-electron chi connectivity index (χ0n) is 13.8. The van der Waals surface area contributed by atoms with Crippen molar-refractivity contribution in [2.75, 3.05) is 39.3 Å². The molecule has 2 aliphatic rings. The average Bonchev–Trinajstić information content (AvgIpc) is 3.17. The van der Waals surface area contributed by atoms with Crippen LogP contribution in [-0.4, -0.2) is 73.0 Å². The van der Waals surface area contributed by atoms with Gasteiger partial charge in [-0.05, 0) is 11.4 Å². The smallest absolute Gasteiger partial charge is 0.269 e. The number of carbonyl (C=O) groups excluding carboxylic acids is 3. The Hall–Kier alpha value is -2.32. The molecule has 0 radical (unpaired) electrons. The number of hydrogen-bond acceptors (Lipinski definition) is 5. The highest BCUT2D eigenvalue weighted by molar-refractivity contribution is 7.08.